The van der Waals surface area contributed by atoms with Gasteiger partial charge in [-0.1, -0.05) is 28.1 Å². The molecule has 3 aromatic rings. The monoisotopic (exact) mass is 429 g/mol. The van der Waals surface area contributed by atoms with Gasteiger partial charge in [-0.3, -0.25) is 0 Å². The number of fused-ring (bicyclic) bond motifs is 1. The van der Waals surface area contributed by atoms with Crippen LogP contribution in [0, 0.1) is 6.92 Å². The van der Waals surface area contributed by atoms with Gasteiger partial charge in [0.25, 0.3) is 0 Å². The third-order valence-corrected chi connectivity index (χ3v) is 4.41. The van der Waals surface area contributed by atoms with Crippen LogP contribution in [-0.4, -0.2) is 51.4 Å². The number of esters is 1. The second-order valence-electron chi connectivity index (χ2n) is 6.14. The van der Waals surface area contributed by atoms with Crippen molar-refractivity contribution in [3.63, 3.8) is 0 Å². The molecule has 0 unspecified atom stereocenters. The fraction of sp³-hybridized carbons (Fsp3) is 0.263. The molecule has 7 nitrogen and oxygen atoms in total. The van der Waals surface area contributed by atoms with Crippen molar-refractivity contribution in [3.8, 4) is 11.1 Å². The Morgan fingerprint density at radius 1 is 1.26 bits per heavy atom. The second-order valence-corrected chi connectivity index (χ2v) is 7.05. The highest BCUT2D eigenvalue weighted by Gasteiger charge is 2.22. The fourth-order valence-electron chi connectivity index (χ4n) is 2.69. The molecular formula is C19H20BrN5O2. The average molecular weight is 430 g/mol. The minimum absolute atomic E-state index is 0.132. The average Bonchev–Trinajstić information content (AvgIpc) is 2.96. The zero-order valence-electron chi connectivity index (χ0n) is 15.6. The van der Waals surface area contributed by atoms with E-state index in [1.54, 1.807) is 17.5 Å². The SMILES string of the molecule is CCOC(=O)c1nnc2c(-c3ccc(Br)cc3)c(C)nn2c1/C=C/N(C)C. The molecule has 0 bridgehead atoms. The van der Waals surface area contributed by atoms with E-state index >= 15 is 0 Å². The summed E-state index contributed by atoms with van der Waals surface area (Å²) in [4.78, 5) is 14.2. The van der Waals surface area contributed by atoms with Crippen LogP contribution in [0.2, 0.25) is 0 Å². The first-order valence-electron chi connectivity index (χ1n) is 8.46. The molecule has 2 heterocycles. The van der Waals surface area contributed by atoms with Crippen molar-refractivity contribution in [3.05, 3.63) is 52.0 Å². The van der Waals surface area contributed by atoms with Gasteiger partial charge in [0.05, 0.1) is 17.9 Å². The standard InChI is InChI=1S/C19H20BrN5O2/c1-5-27-19(26)17-15(10-11-24(3)4)25-18(22-21-17)16(12(2)23-25)13-6-8-14(20)9-7-13/h6-11H,5H2,1-4H3/b11-10+. The van der Waals surface area contributed by atoms with Gasteiger partial charge in [-0.05, 0) is 37.6 Å². The van der Waals surface area contributed by atoms with E-state index in [0.29, 0.717) is 11.3 Å². The van der Waals surface area contributed by atoms with E-state index in [0.717, 1.165) is 21.3 Å². The van der Waals surface area contributed by atoms with E-state index in [1.165, 1.54) is 0 Å². The molecular weight excluding hydrogens is 410 g/mol. The number of aryl methyl sites for hydroxylation is 1. The molecule has 2 aromatic heterocycles. The minimum Gasteiger partial charge on any atom is -0.461 e. The Labute approximate surface area is 165 Å². The molecule has 3 rings (SSSR count). The lowest BCUT2D eigenvalue weighted by atomic mass is 10.1. The zero-order valence-corrected chi connectivity index (χ0v) is 17.2. The van der Waals surface area contributed by atoms with Gasteiger partial charge in [-0.25, -0.2) is 9.31 Å². The quantitative estimate of drug-likeness (QED) is 0.577. The van der Waals surface area contributed by atoms with Crippen LogP contribution in [0.3, 0.4) is 0 Å². The van der Waals surface area contributed by atoms with E-state index in [1.807, 2.05) is 56.4 Å². The van der Waals surface area contributed by atoms with Crippen LogP contribution in [0.25, 0.3) is 22.9 Å². The maximum absolute atomic E-state index is 12.3. The Hall–Kier alpha value is -2.74. The highest BCUT2D eigenvalue weighted by Crippen LogP contribution is 2.29. The van der Waals surface area contributed by atoms with Crippen molar-refractivity contribution in [2.45, 2.75) is 13.8 Å². The number of hydrogen-bond donors (Lipinski definition) is 0. The Morgan fingerprint density at radius 3 is 2.59 bits per heavy atom. The summed E-state index contributed by atoms with van der Waals surface area (Å²) in [7, 11) is 3.79. The summed E-state index contributed by atoms with van der Waals surface area (Å²) in [6.07, 6.45) is 3.61. The predicted octanol–water partition coefficient (Wildman–Crippen LogP) is 3.57. The molecule has 140 valence electrons. The molecule has 0 radical (unpaired) electrons. The van der Waals surface area contributed by atoms with Crippen molar-refractivity contribution >= 4 is 33.6 Å². The van der Waals surface area contributed by atoms with Crippen LogP contribution in [-0.2, 0) is 4.74 Å². The first-order chi connectivity index (χ1) is 12.9. The number of carbonyl (C=O) groups is 1. The van der Waals surface area contributed by atoms with Crippen molar-refractivity contribution < 1.29 is 9.53 Å². The number of nitrogens with zero attached hydrogens (tertiary/aromatic N) is 5. The number of rotatable bonds is 5. The Balaban J connectivity index is 2.25. The van der Waals surface area contributed by atoms with Gasteiger partial charge in [-0.15, -0.1) is 10.2 Å². The number of hydrogen-bond acceptors (Lipinski definition) is 6. The van der Waals surface area contributed by atoms with Crippen LogP contribution in [0.5, 0.6) is 0 Å². The summed E-state index contributed by atoms with van der Waals surface area (Å²) < 4.78 is 7.76. The van der Waals surface area contributed by atoms with E-state index in [-0.39, 0.29) is 12.3 Å². The Bertz CT molecular complexity index is 1010. The van der Waals surface area contributed by atoms with Crippen molar-refractivity contribution in [1.82, 2.24) is 24.7 Å². The van der Waals surface area contributed by atoms with E-state index in [2.05, 4.69) is 31.2 Å². The lowest BCUT2D eigenvalue weighted by Crippen LogP contribution is -2.14. The molecule has 0 atom stereocenters. The summed E-state index contributed by atoms with van der Waals surface area (Å²) in [6, 6.07) is 7.91. The first kappa shape index (κ1) is 19.0. The molecule has 0 aliphatic carbocycles. The Morgan fingerprint density at radius 2 is 1.96 bits per heavy atom. The minimum atomic E-state index is -0.524. The molecule has 0 saturated heterocycles. The van der Waals surface area contributed by atoms with Gasteiger partial charge in [0.1, 0.15) is 5.69 Å². The van der Waals surface area contributed by atoms with Gasteiger partial charge in [0.15, 0.2) is 11.3 Å². The molecule has 0 N–H and O–H groups in total. The second kappa shape index (κ2) is 7.87. The molecule has 1 aromatic carbocycles. The van der Waals surface area contributed by atoms with Gasteiger partial charge in [0.2, 0.25) is 0 Å². The van der Waals surface area contributed by atoms with Gasteiger partial charge in [0, 0.05) is 24.8 Å². The van der Waals surface area contributed by atoms with E-state index in [9.17, 15) is 4.79 Å². The van der Waals surface area contributed by atoms with Crippen molar-refractivity contribution in [2.24, 2.45) is 0 Å². The first-order valence-corrected chi connectivity index (χ1v) is 9.25. The van der Waals surface area contributed by atoms with Crippen LogP contribution < -0.4 is 0 Å². The number of aromatic nitrogens is 4. The van der Waals surface area contributed by atoms with E-state index in [4.69, 9.17) is 4.74 Å². The third-order valence-electron chi connectivity index (χ3n) is 3.88. The number of benzene rings is 1. The van der Waals surface area contributed by atoms with Crippen LogP contribution in [0.4, 0.5) is 0 Å². The molecule has 0 fully saturated rings. The lowest BCUT2D eigenvalue weighted by molar-refractivity contribution is 0.0517. The summed E-state index contributed by atoms with van der Waals surface area (Å²) in [6.45, 7) is 3.93. The molecule has 0 aliphatic rings. The summed E-state index contributed by atoms with van der Waals surface area (Å²) in [5, 5.41) is 13.1. The molecule has 27 heavy (non-hydrogen) atoms. The van der Waals surface area contributed by atoms with Gasteiger partial charge < -0.3 is 9.64 Å². The van der Waals surface area contributed by atoms with Gasteiger partial charge in [-0.2, -0.15) is 5.10 Å². The number of ether oxygens (including phenoxy) is 1. The highest BCUT2D eigenvalue weighted by atomic mass is 79.9. The molecule has 0 saturated carbocycles. The zero-order chi connectivity index (χ0) is 19.6. The molecule has 0 spiro atoms. The molecule has 8 heteroatoms. The molecule has 0 aliphatic heterocycles. The summed E-state index contributed by atoms with van der Waals surface area (Å²) >= 11 is 3.45. The summed E-state index contributed by atoms with van der Waals surface area (Å²) in [5.74, 6) is -0.524. The van der Waals surface area contributed by atoms with Crippen molar-refractivity contribution in [1.29, 1.82) is 0 Å². The largest absolute Gasteiger partial charge is 0.461 e. The number of carbonyl (C=O) groups excluding carboxylic acids is 1. The predicted molar refractivity (Wildman–Crippen MR) is 107 cm³/mol. The fourth-order valence-corrected chi connectivity index (χ4v) is 2.96. The van der Waals surface area contributed by atoms with Gasteiger partial charge >= 0.3 is 5.97 Å². The van der Waals surface area contributed by atoms with E-state index < -0.39 is 5.97 Å². The topological polar surface area (TPSA) is 72.6 Å². The smallest absolute Gasteiger partial charge is 0.361 e. The van der Waals surface area contributed by atoms with Crippen LogP contribution in [0.15, 0.2) is 34.9 Å². The normalized spacial score (nSPS) is 11.3. The third kappa shape index (κ3) is 3.85. The summed E-state index contributed by atoms with van der Waals surface area (Å²) in [5.41, 5.74) is 3.90. The van der Waals surface area contributed by atoms with Crippen LogP contribution >= 0.6 is 15.9 Å². The maximum Gasteiger partial charge on any atom is 0.361 e. The molecule has 0 amide bonds. The maximum atomic E-state index is 12.3. The number of halogens is 1. The lowest BCUT2D eigenvalue weighted by Gasteiger charge is -2.08. The van der Waals surface area contributed by atoms with Crippen molar-refractivity contribution in [2.75, 3.05) is 20.7 Å². The Kier molecular flexibility index (Phi) is 5.55. The highest BCUT2D eigenvalue weighted by molar-refractivity contribution is 9.10. The van der Waals surface area contributed by atoms with Crippen LogP contribution in [0.1, 0.15) is 28.8 Å².